The number of alkyl carbamates (subject to hydrolysis) is 3. The highest BCUT2D eigenvalue weighted by Crippen LogP contribution is 2.37. The molecule has 2 fully saturated rings. The molecule has 19 nitrogen and oxygen atoms in total. The van der Waals surface area contributed by atoms with Crippen LogP contribution in [0.5, 0.6) is 0 Å². The van der Waals surface area contributed by atoms with Crippen molar-refractivity contribution in [3.8, 4) is 0 Å². The van der Waals surface area contributed by atoms with E-state index in [0.29, 0.717) is 6.42 Å². The predicted octanol–water partition coefficient (Wildman–Crippen LogP) is 7.70. The van der Waals surface area contributed by atoms with E-state index in [1.54, 1.807) is 62.3 Å². The fraction of sp³-hybridized carbons (Fsp3) is 0.579. The number of rotatable bonds is 14. The highest BCUT2D eigenvalue weighted by atomic mass is 16.7. The zero-order valence-electron chi connectivity index (χ0n) is 49.5. The smallest absolute Gasteiger partial charge is 0.480 e. The van der Waals surface area contributed by atoms with E-state index in [2.05, 4.69) is 16.0 Å². The lowest BCUT2D eigenvalue weighted by Crippen LogP contribution is -2.45. The topological polar surface area (TPSA) is 242 Å². The van der Waals surface area contributed by atoms with E-state index in [-0.39, 0.29) is 12.8 Å². The van der Waals surface area contributed by atoms with Crippen molar-refractivity contribution in [1.29, 1.82) is 0 Å². The SMILES string of the molecule is CC(C)(C)OC(=O)N[C@@H](Cc1ccc(B2OC(C)(C)C(C)(C)O2)cc1)C(=O)O.COC(=O)[C@H](Cc1ccc(B2OC(C)(C)C(C)(C)O2)cc1)NC(=O)OC(C)(C)C.COC(=O)[C@H](Cc1ccc(C)cc1)NC(=O)OC(C)(C)C. The van der Waals surface area contributed by atoms with Gasteiger partial charge in [0.15, 0.2) is 0 Å². The van der Waals surface area contributed by atoms with E-state index >= 15 is 0 Å². The summed E-state index contributed by atoms with van der Waals surface area (Å²) in [4.78, 5) is 71.1. The largest absolute Gasteiger partial charge is 0.494 e. The van der Waals surface area contributed by atoms with Gasteiger partial charge in [0.05, 0.1) is 36.6 Å². The van der Waals surface area contributed by atoms with Crippen LogP contribution < -0.4 is 26.9 Å². The van der Waals surface area contributed by atoms with Crippen LogP contribution in [0.3, 0.4) is 0 Å². The van der Waals surface area contributed by atoms with Crippen molar-refractivity contribution >= 4 is 61.4 Å². The molecule has 430 valence electrons. The molecule has 5 rings (SSSR count). The Labute approximate surface area is 462 Å². The maximum Gasteiger partial charge on any atom is 0.494 e. The van der Waals surface area contributed by atoms with Gasteiger partial charge >= 0.3 is 50.4 Å². The van der Waals surface area contributed by atoms with E-state index in [4.69, 9.17) is 42.3 Å². The number of carbonyl (C=O) groups is 6. The first-order valence-electron chi connectivity index (χ1n) is 26.0. The monoisotopic (exact) mass is 1090 g/mol. The van der Waals surface area contributed by atoms with Gasteiger partial charge in [0.1, 0.15) is 34.9 Å². The van der Waals surface area contributed by atoms with Crippen LogP contribution >= 0.6 is 0 Å². The van der Waals surface area contributed by atoms with Crippen LogP contribution in [0, 0.1) is 6.92 Å². The summed E-state index contributed by atoms with van der Waals surface area (Å²) in [6, 6.07) is 19.9. The van der Waals surface area contributed by atoms with E-state index in [0.717, 1.165) is 33.2 Å². The fourth-order valence-corrected chi connectivity index (χ4v) is 7.23. The highest BCUT2D eigenvalue weighted by molar-refractivity contribution is 6.62. The third kappa shape index (κ3) is 21.2. The standard InChI is InChI=1S/C21H32BNO6.C20H30BNO6.C16H23NO4/c1-19(2,3)27-18(25)23-16(17(24)26-8)13-14-9-11-15(12-10-14)22-28-20(4,5)21(6,7)29-22;1-18(2,3)26-17(25)22-15(16(23)24)12-13-8-10-14(11-9-13)21-27-19(4,5)20(6,7)28-21;1-11-6-8-12(9-7-11)10-13(14(18)20-5)17-15(19)21-16(2,3)4/h9-12,16H,13H2,1-8H3,(H,23,25);8-11,15H,12H2,1-7H3,(H,22,25)(H,23,24);6-9,13H,10H2,1-5H3,(H,17,19)/t16-;15-;13-/m000/s1. The Balaban J connectivity index is 0.000000312. The van der Waals surface area contributed by atoms with Gasteiger partial charge < -0.3 is 63.4 Å². The Hall–Kier alpha value is -6.15. The summed E-state index contributed by atoms with van der Waals surface area (Å²) in [5, 5.41) is 16.9. The van der Waals surface area contributed by atoms with Crippen LogP contribution in [-0.4, -0.2) is 127 Å². The lowest BCUT2D eigenvalue weighted by Gasteiger charge is -2.32. The summed E-state index contributed by atoms with van der Waals surface area (Å²) in [5.41, 5.74) is 1.79. The average molecular weight is 1090 g/mol. The van der Waals surface area contributed by atoms with Gasteiger partial charge in [0, 0.05) is 19.3 Å². The van der Waals surface area contributed by atoms with Crippen molar-refractivity contribution < 1.29 is 76.2 Å². The van der Waals surface area contributed by atoms with Crippen LogP contribution in [-0.2, 0) is 75.9 Å². The molecule has 2 aliphatic rings. The number of ether oxygens (including phenoxy) is 5. The van der Waals surface area contributed by atoms with Crippen LogP contribution in [0.15, 0.2) is 72.8 Å². The fourth-order valence-electron chi connectivity index (χ4n) is 7.23. The summed E-state index contributed by atoms with van der Waals surface area (Å²) in [5.74, 6) is -2.16. The van der Waals surface area contributed by atoms with Crippen LogP contribution in [0.2, 0.25) is 0 Å². The lowest BCUT2D eigenvalue weighted by atomic mass is 9.78. The van der Waals surface area contributed by atoms with Crippen molar-refractivity contribution in [3.05, 3.63) is 95.1 Å². The molecule has 78 heavy (non-hydrogen) atoms. The van der Waals surface area contributed by atoms with Gasteiger partial charge in [-0.15, -0.1) is 0 Å². The number of aliphatic carboxylic acids is 1. The zero-order valence-corrected chi connectivity index (χ0v) is 49.5. The third-order valence-corrected chi connectivity index (χ3v) is 12.8. The minimum atomic E-state index is -1.12. The van der Waals surface area contributed by atoms with Crippen molar-refractivity contribution in [2.45, 2.75) is 201 Å². The number of carboxylic acid groups (broad SMARTS) is 1. The maximum atomic E-state index is 12.1. The Morgan fingerprint density at radius 3 is 0.949 bits per heavy atom. The molecule has 0 spiro atoms. The first-order chi connectivity index (χ1) is 35.6. The van der Waals surface area contributed by atoms with Crippen molar-refractivity contribution in [1.82, 2.24) is 16.0 Å². The van der Waals surface area contributed by atoms with Crippen molar-refractivity contribution in [2.75, 3.05) is 14.2 Å². The summed E-state index contributed by atoms with van der Waals surface area (Å²) >= 11 is 0. The minimum Gasteiger partial charge on any atom is -0.480 e. The molecule has 4 N–H and O–H groups in total. The van der Waals surface area contributed by atoms with E-state index in [1.807, 2.05) is 135 Å². The molecule has 3 amide bonds. The normalized spacial score (nSPS) is 17.2. The number of esters is 2. The molecule has 2 heterocycles. The first-order valence-corrected chi connectivity index (χ1v) is 26.0. The Kier molecular flexibility index (Phi) is 22.6. The maximum absolute atomic E-state index is 12.1. The molecule has 0 saturated carbocycles. The lowest BCUT2D eigenvalue weighted by molar-refractivity contribution is -0.143. The second kappa shape index (κ2) is 26.7. The minimum absolute atomic E-state index is 0.137. The number of carbonyl (C=O) groups excluding carboxylic acids is 5. The zero-order chi connectivity index (χ0) is 59.4. The number of amides is 3. The Morgan fingerprint density at radius 1 is 0.462 bits per heavy atom. The molecule has 0 aliphatic carbocycles. The molecule has 3 aromatic rings. The molecule has 21 heteroatoms. The van der Waals surface area contributed by atoms with Gasteiger partial charge in [-0.3, -0.25) is 0 Å². The number of hydrogen-bond donors (Lipinski definition) is 4. The molecule has 0 bridgehead atoms. The van der Waals surface area contributed by atoms with Gasteiger partial charge in [-0.1, -0.05) is 78.4 Å². The van der Waals surface area contributed by atoms with Crippen molar-refractivity contribution in [2.24, 2.45) is 0 Å². The molecule has 3 atom stereocenters. The average Bonchev–Trinajstić information content (AvgIpc) is 3.66. The summed E-state index contributed by atoms with van der Waals surface area (Å²) in [7, 11) is 1.65. The molecule has 3 aromatic carbocycles. The van der Waals surface area contributed by atoms with Crippen molar-refractivity contribution in [3.63, 3.8) is 0 Å². The van der Waals surface area contributed by atoms with E-state index < -0.39 is 108 Å². The summed E-state index contributed by atoms with van der Waals surface area (Å²) in [6.45, 7) is 33.7. The Bertz CT molecular complexity index is 2460. The predicted molar refractivity (Wildman–Crippen MR) is 298 cm³/mol. The van der Waals surface area contributed by atoms with Gasteiger partial charge in [-0.05, 0) is 152 Å². The molecule has 0 radical (unpaired) electrons. The number of carboxylic acids is 1. The Morgan fingerprint density at radius 2 is 0.705 bits per heavy atom. The second-order valence-electron chi connectivity index (χ2n) is 24.2. The number of nitrogens with one attached hydrogen (secondary N) is 3. The highest BCUT2D eigenvalue weighted by Gasteiger charge is 2.53. The van der Waals surface area contributed by atoms with E-state index in [1.165, 1.54) is 14.2 Å². The molecule has 2 saturated heterocycles. The van der Waals surface area contributed by atoms with Crippen LogP contribution in [0.4, 0.5) is 14.4 Å². The first kappa shape index (κ1) is 66.1. The molecule has 0 unspecified atom stereocenters. The van der Waals surface area contributed by atoms with Gasteiger partial charge in [-0.25, -0.2) is 28.8 Å². The molecular formula is C57H85B2N3O16. The number of benzene rings is 3. The third-order valence-electron chi connectivity index (χ3n) is 12.8. The molecule has 2 aliphatic heterocycles. The molecule has 0 aromatic heterocycles. The summed E-state index contributed by atoms with van der Waals surface area (Å²) in [6.07, 6.45) is -1.29. The van der Waals surface area contributed by atoms with E-state index in [9.17, 15) is 33.9 Å². The number of methoxy groups -OCH3 is 2. The quantitative estimate of drug-likeness (QED) is 0.0687. The van der Waals surface area contributed by atoms with Gasteiger partial charge in [-0.2, -0.15) is 0 Å². The van der Waals surface area contributed by atoms with Gasteiger partial charge in [0.2, 0.25) is 0 Å². The van der Waals surface area contributed by atoms with Crippen LogP contribution in [0.25, 0.3) is 0 Å². The van der Waals surface area contributed by atoms with Gasteiger partial charge in [0.25, 0.3) is 0 Å². The molecular weight excluding hydrogens is 1000 g/mol. The summed E-state index contributed by atoms with van der Waals surface area (Å²) < 4.78 is 49.2. The second-order valence-corrected chi connectivity index (χ2v) is 24.2. The number of aryl methyl sites for hydroxylation is 1. The number of hydrogen-bond acceptors (Lipinski definition) is 15. The van der Waals surface area contributed by atoms with Crippen LogP contribution in [0.1, 0.15) is 140 Å².